The molecule has 0 amide bonds. The fourth-order valence-electron chi connectivity index (χ4n) is 3.74. The van der Waals surface area contributed by atoms with Gasteiger partial charge in [-0.05, 0) is 60.8 Å². The number of unbranched alkanes of at least 4 members (excludes halogenated alkanes) is 9. The summed E-state index contributed by atoms with van der Waals surface area (Å²) in [6.45, 7) is 11.4. The zero-order valence-corrected chi connectivity index (χ0v) is 16.9. The molecule has 0 nitrogen and oxygen atoms in total. The molecule has 0 aliphatic heterocycles. The summed E-state index contributed by atoms with van der Waals surface area (Å²) in [6.07, 6.45) is 22.6. The van der Waals surface area contributed by atoms with Crippen LogP contribution in [0.15, 0.2) is 34.9 Å². The Morgan fingerprint density at radius 1 is 0.625 bits per heavy atom. The van der Waals surface area contributed by atoms with Gasteiger partial charge in [0.15, 0.2) is 0 Å². The van der Waals surface area contributed by atoms with Crippen LogP contribution in [0.3, 0.4) is 0 Å². The van der Waals surface area contributed by atoms with E-state index in [2.05, 4.69) is 33.4 Å². The lowest BCUT2D eigenvalue weighted by Gasteiger charge is -2.11. The summed E-state index contributed by atoms with van der Waals surface area (Å²) in [5, 5.41) is 0. The van der Waals surface area contributed by atoms with Crippen molar-refractivity contribution in [2.45, 2.75) is 117 Å². The van der Waals surface area contributed by atoms with Crippen molar-refractivity contribution in [3.05, 3.63) is 34.9 Å². The molecular formula is C24H42. The second-order valence-electron chi connectivity index (χ2n) is 7.58. The topological polar surface area (TPSA) is 0 Å². The molecule has 0 aromatic rings. The Morgan fingerprint density at radius 3 is 1.67 bits per heavy atom. The van der Waals surface area contributed by atoms with Crippen LogP contribution >= 0.6 is 0 Å². The van der Waals surface area contributed by atoms with Crippen molar-refractivity contribution in [2.24, 2.45) is 0 Å². The van der Waals surface area contributed by atoms with Gasteiger partial charge in [-0.15, -0.1) is 0 Å². The highest BCUT2D eigenvalue weighted by atomic mass is 14.2. The van der Waals surface area contributed by atoms with Crippen molar-refractivity contribution in [1.29, 1.82) is 0 Å². The van der Waals surface area contributed by atoms with Gasteiger partial charge < -0.3 is 0 Å². The molecule has 0 atom stereocenters. The van der Waals surface area contributed by atoms with Crippen LogP contribution in [-0.2, 0) is 0 Å². The molecule has 0 heterocycles. The number of hydrogen-bond acceptors (Lipinski definition) is 0. The van der Waals surface area contributed by atoms with Crippen LogP contribution in [0.25, 0.3) is 0 Å². The fraction of sp³-hybridized carbons (Fsp3) is 0.750. The molecule has 138 valence electrons. The SMILES string of the molecule is C=C1C(CCCCCC)=CC(CCCCCC)=C1CCCCCC. The molecule has 0 saturated heterocycles. The first-order valence-electron chi connectivity index (χ1n) is 10.9. The average Bonchev–Trinajstić information content (AvgIpc) is 2.88. The molecule has 1 rings (SSSR count). The van der Waals surface area contributed by atoms with Gasteiger partial charge in [0.1, 0.15) is 0 Å². The van der Waals surface area contributed by atoms with Crippen molar-refractivity contribution in [3.8, 4) is 0 Å². The molecule has 0 aromatic heterocycles. The molecule has 1 aliphatic rings. The zero-order valence-electron chi connectivity index (χ0n) is 16.9. The molecule has 1 aliphatic carbocycles. The zero-order chi connectivity index (χ0) is 17.6. The van der Waals surface area contributed by atoms with Crippen molar-refractivity contribution < 1.29 is 0 Å². The van der Waals surface area contributed by atoms with E-state index < -0.39 is 0 Å². The Kier molecular flexibility index (Phi) is 12.0. The van der Waals surface area contributed by atoms with E-state index in [9.17, 15) is 0 Å². The Bertz CT molecular complexity index is 408. The first-order valence-corrected chi connectivity index (χ1v) is 10.9. The summed E-state index contributed by atoms with van der Waals surface area (Å²) in [7, 11) is 0. The molecule has 0 fully saturated rings. The second-order valence-corrected chi connectivity index (χ2v) is 7.58. The smallest absolute Gasteiger partial charge is 0.0262 e. The minimum atomic E-state index is 1.25. The van der Waals surface area contributed by atoms with Crippen LogP contribution in [0.4, 0.5) is 0 Å². The summed E-state index contributed by atoms with van der Waals surface area (Å²) < 4.78 is 0. The fourth-order valence-corrected chi connectivity index (χ4v) is 3.74. The van der Waals surface area contributed by atoms with Crippen molar-refractivity contribution >= 4 is 0 Å². The van der Waals surface area contributed by atoms with Gasteiger partial charge in [0.2, 0.25) is 0 Å². The van der Waals surface area contributed by atoms with Gasteiger partial charge in [0.25, 0.3) is 0 Å². The lowest BCUT2D eigenvalue weighted by Crippen LogP contribution is -1.92. The van der Waals surface area contributed by atoms with E-state index in [1.807, 2.05) is 0 Å². The predicted molar refractivity (Wildman–Crippen MR) is 111 cm³/mol. The van der Waals surface area contributed by atoms with Crippen molar-refractivity contribution in [2.75, 3.05) is 0 Å². The van der Waals surface area contributed by atoms with Crippen LogP contribution in [0.2, 0.25) is 0 Å². The molecule has 0 spiro atoms. The summed E-state index contributed by atoms with van der Waals surface area (Å²) in [5.41, 5.74) is 6.21. The lowest BCUT2D eigenvalue weighted by molar-refractivity contribution is 0.653. The molecule has 0 unspecified atom stereocenters. The van der Waals surface area contributed by atoms with E-state index in [4.69, 9.17) is 0 Å². The predicted octanol–water partition coefficient (Wildman–Crippen LogP) is 8.69. The number of allylic oxidation sites excluding steroid dienone is 5. The van der Waals surface area contributed by atoms with E-state index in [-0.39, 0.29) is 0 Å². The van der Waals surface area contributed by atoms with E-state index in [0.717, 1.165) is 0 Å². The molecule has 0 saturated carbocycles. The first-order chi connectivity index (χ1) is 11.7. The van der Waals surface area contributed by atoms with Crippen LogP contribution < -0.4 is 0 Å². The van der Waals surface area contributed by atoms with Crippen LogP contribution in [-0.4, -0.2) is 0 Å². The van der Waals surface area contributed by atoms with E-state index in [0.29, 0.717) is 0 Å². The maximum atomic E-state index is 4.48. The van der Waals surface area contributed by atoms with E-state index in [1.54, 1.807) is 16.7 Å². The first kappa shape index (κ1) is 21.3. The molecule has 24 heavy (non-hydrogen) atoms. The maximum Gasteiger partial charge on any atom is -0.0262 e. The van der Waals surface area contributed by atoms with Gasteiger partial charge in [-0.25, -0.2) is 0 Å². The van der Waals surface area contributed by atoms with Gasteiger partial charge in [0.05, 0.1) is 0 Å². The van der Waals surface area contributed by atoms with E-state index in [1.165, 1.54) is 102 Å². The molecule has 0 heteroatoms. The van der Waals surface area contributed by atoms with Gasteiger partial charge >= 0.3 is 0 Å². The lowest BCUT2D eigenvalue weighted by atomic mass is 9.94. The summed E-state index contributed by atoms with van der Waals surface area (Å²) in [5.74, 6) is 0. The molecule has 0 N–H and O–H groups in total. The number of rotatable bonds is 15. The monoisotopic (exact) mass is 330 g/mol. The third-order valence-corrected chi connectivity index (χ3v) is 5.37. The van der Waals surface area contributed by atoms with E-state index >= 15 is 0 Å². The minimum absolute atomic E-state index is 1.25. The highest BCUT2D eigenvalue weighted by Crippen LogP contribution is 2.38. The highest BCUT2D eigenvalue weighted by Gasteiger charge is 2.19. The Morgan fingerprint density at radius 2 is 1.12 bits per heavy atom. The molecular weight excluding hydrogens is 288 g/mol. The van der Waals surface area contributed by atoms with Gasteiger partial charge in [0, 0.05) is 0 Å². The van der Waals surface area contributed by atoms with Crippen molar-refractivity contribution in [1.82, 2.24) is 0 Å². The van der Waals surface area contributed by atoms with Gasteiger partial charge in [-0.1, -0.05) is 91.2 Å². The molecule has 0 radical (unpaired) electrons. The summed E-state index contributed by atoms with van der Waals surface area (Å²) >= 11 is 0. The maximum absolute atomic E-state index is 4.48. The third-order valence-electron chi connectivity index (χ3n) is 5.37. The highest BCUT2D eigenvalue weighted by molar-refractivity contribution is 5.58. The standard InChI is InChI=1S/C24H42/c1-5-8-11-14-17-22-20-23(18-15-12-9-6-2)24(21(22)4)19-16-13-10-7-3/h20H,4-19H2,1-3H3. The molecule has 0 aromatic carbocycles. The second kappa shape index (κ2) is 13.5. The Balaban J connectivity index is 2.56. The Hall–Kier alpha value is -0.780. The van der Waals surface area contributed by atoms with Gasteiger partial charge in [-0.2, -0.15) is 0 Å². The summed E-state index contributed by atoms with van der Waals surface area (Å²) in [4.78, 5) is 0. The average molecular weight is 331 g/mol. The Labute approximate surface area is 152 Å². The van der Waals surface area contributed by atoms with Crippen molar-refractivity contribution in [3.63, 3.8) is 0 Å². The minimum Gasteiger partial charge on any atom is -0.0912 e. The summed E-state index contributed by atoms with van der Waals surface area (Å²) in [6, 6.07) is 0. The van der Waals surface area contributed by atoms with Gasteiger partial charge in [-0.3, -0.25) is 0 Å². The normalized spacial score (nSPS) is 14.6. The largest absolute Gasteiger partial charge is 0.0912 e. The van der Waals surface area contributed by atoms with Crippen LogP contribution in [0, 0.1) is 0 Å². The quantitative estimate of drug-likeness (QED) is 0.263. The van der Waals surface area contributed by atoms with Crippen LogP contribution in [0.5, 0.6) is 0 Å². The van der Waals surface area contributed by atoms with Crippen LogP contribution in [0.1, 0.15) is 117 Å². The molecule has 0 bridgehead atoms. The third kappa shape index (κ3) is 7.86. The number of hydrogen-bond donors (Lipinski definition) is 0.